The number of amides is 1. The van der Waals surface area contributed by atoms with Crippen molar-refractivity contribution in [3.63, 3.8) is 0 Å². The van der Waals surface area contributed by atoms with Crippen LogP contribution >= 0.6 is 0 Å². The first-order valence-corrected chi connectivity index (χ1v) is 8.93. The Bertz CT molecular complexity index is 656. The molecule has 0 unspecified atom stereocenters. The van der Waals surface area contributed by atoms with Crippen LogP contribution < -0.4 is 16.0 Å². The molecule has 2 atom stereocenters. The number of carbonyl (C=O) groups excluding carboxylic acids is 1. The van der Waals surface area contributed by atoms with E-state index in [1.165, 1.54) is 5.56 Å². The van der Waals surface area contributed by atoms with E-state index in [4.69, 9.17) is 10.5 Å². The van der Waals surface area contributed by atoms with Gasteiger partial charge in [0.05, 0.1) is 29.7 Å². The molecule has 2 aliphatic rings. The third-order valence-electron chi connectivity index (χ3n) is 4.70. The molecular weight excluding hydrogens is 320 g/mol. The first-order valence-electron chi connectivity index (χ1n) is 8.93. The molecule has 1 saturated heterocycles. The minimum absolute atomic E-state index is 0.395. The van der Waals surface area contributed by atoms with E-state index in [9.17, 15) is 9.90 Å². The lowest BCUT2D eigenvalue weighted by molar-refractivity contribution is 0.0399. The molecule has 0 bridgehead atoms. The Balaban J connectivity index is 1.75. The van der Waals surface area contributed by atoms with Crippen LogP contribution in [0.1, 0.15) is 44.9 Å². The van der Waals surface area contributed by atoms with Crippen molar-refractivity contribution in [1.82, 2.24) is 10.3 Å². The molecule has 1 aromatic rings. The van der Waals surface area contributed by atoms with Crippen LogP contribution in [-0.2, 0) is 17.6 Å². The molecule has 7 heteroatoms. The Morgan fingerprint density at radius 1 is 1.44 bits per heavy atom. The summed E-state index contributed by atoms with van der Waals surface area (Å²) < 4.78 is 5.31. The standard InChI is InChI=1S/C18H28N4O3/c1-18(2,3)25-17(24)21-14-10-22(8-7-15(14)23)16-11-5-4-6-13(11)20-9-12(16)19/h9,14-15,23H,4-8,10,19H2,1-3H3,(H,21,24)/t14-,15-/m1/s1. The van der Waals surface area contributed by atoms with Gasteiger partial charge >= 0.3 is 6.09 Å². The van der Waals surface area contributed by atoms with Gasteiger partial charge < -0.3 is 25.8 Å². The molecule has 4 N–H and O–H groups in total. The van der Waals surface area contributed by atoms with E-state index >= 15 is 0 Å². The molecule has 1 aliphatic heterocycles. The highest BCUT2D eigenvalue weighted by molar-refractivity contribution is 5.73. The topological polar surface area (TPSA) is 101 Å². The van der Waals surface area contributed by atoms with Gasteiger partial charge in [0.15, 0.2) is 0 Å². The van der Waals surface area contributed by atoms with Gasteiger partial charge in [0.1, 0.15) is 5.60 Å². The lowest BCUT2D eigenvalue weighted by atomic mass is 10.00. The molecule has 0 spiro atoms. The van der Waals surface area contributed by atoms with E-state index in [2.05, 4.69) is 15.2 Å². The zero-order chi connectivity index (χ0) is 18.2. The number of aliphatic hydroxyl groups is 1. The van der Waals surface area contributed by atoms with Crippen molar-refractivity contribution >= 4 is 17.5 Å². The first kappa shape index (κ1) is 17.8. The van der Waals surface area contributed by atoms with Gasteiger partial charge in [-0.1, -0.05) is 0 Å². The number of aryl methyl sites for hydroxylation is 1. The number of nitrogens with one attached hydrogen (secondary N) is 1. The largest absolute Gasteiger partial charge is 0.444 e. The minimum Gasteiger partial charge on any atom is -0.444 e. The van der Waals surface area contributed by atoms with Gasteiger partial charge in [-0.05, 0) is 52.0 Å². The van der Waals surface area contributed by atoms with E-state index in [1.54, 1.807) is 6.20 Å². The Hall–Kier alpha value is -2.02. The molecule has 7 nitrogen and oxygen atoms in total. The summed E-state index contributed by atoms with van der Waals surface area (Å²) in [4.78, 5) is 18.7. The Morgan fingerprint density at radius 3 is 2.92 bits per heavy atom. The summed E-state index contributed by atoms with van der Waals surface area (Å²) in [7, 11) is 0. The first-order chi connectivity index (χ1) is 11.7. The molecule has 0 radical (unpaired) electrons. The minimum atomic E-state index is -0.597. The molecule has 0 aromatic carbocycles. The molecule has 138 valence electrons. The number of nitrogens with zero attached hydrogens (tertiary/aromatic N) is 2. The normalized spacial score (nSPS) is 23.3. The molecule has 1 aromatic heterocycles. The van der Waals surface area contributed by atoms with E-state index in [0.717, 1.165) is 30.6 Å². The number of aromatic nitrogens is 1. The van der Waals surface area contributed by atoms with Gasteiger partial charge in [0.25, 0.3) is 0 Å². The summed E-state index contributed by atoms with van der Waals surface area (Å²) in [5.41, 5.74) is 9.65. The Kier molecular flexibility index (Phi) is 4.77. The molecule has 25 heavy (non-hydrogen) atoms. The van der Waals surface area contributed by atoms with E-state index < -0.39 is 23.8 Å². The maximum absolute atomic E-state index is 12.1. The third-order valence-corrected chi connectivity index (χ3v) is 4.70. The van der Waals surface area contributed by atoms with Crippen LogP contribution in [-0.4, -0.2) is 47.0 Å². The fourth-order valence-corrected chi connectivity index (χ4v) is 3.63. The summed E-state index contributed by atoms with van der Waals surface area (Å²) in [6, 6.07) is -0.395. The van der Waals surface area contributed by atoms with Crippen molar-refractivity contribution in [2.75, 3.05) is 23.7 Å². The number of rotatable bonds is 2. The van der Waals surface area contributed by atoms with E-state index in [-0.39, 0.29) is 0 Å². The number of nitrogens with two attached hydrogens (primary N) is 1. The number of anilines is 2. The van der Waals surface area contributed by atoms with E-state index in [1.807, 2.05) is 20.8 Å². The van der Waals surface area contributed by atoms with Gasteiger partial charge in [0, 0.05) is 18.8 Å². The quantitative estimate of drug-likeness (QED) is 0.751. The van der Waals surface area contributed by atoms with Crippen LogP contribution in [0.5, 0.6) is 0 Å². The highest BCUT2D eigenvalue weighted by atomic mass is 16.6. The zero-order valence-corrected chi connectivity index (χ0v) is 15.2. The number of piperidine rings is 1. The van der Waals surface area contributed by atoms with Crippen LogP contribution in [0, 0.1) is 0 Å². The van der Waals surface area contributed by atoms with Crippen LogP contribution in [0.15, 0.2) is 6.20 Å². The van der Waals surface area contributed by atoms with Gasteiger partial charge in [-0.2, -0.15) is 0 Å². The van der Waals surface area contributed by atoms with Crippen LogP contribution in [0.25, 0.3) is 0 Å². The van der Waals surface area contributed by atoms with Crippen LogP contribution in [0.3, 0.4) is 0 Å². The Morgan fingerprint density at radius 2 is 2.20 bits per heavy atom. The van der Waals surface area contributed by atoms with Crippen molar-refractivity contribution in [2.24, 2.45) is 0 Å². The SMILES string of the molecule is CC(C)(C)OC(=O)N[C@@H]1CN(c2c(N)cnc3c2CCC3)CC[C@H]1O. The van der Waals surface area contributed by atoms with Crippen molar-refractivity contribution in [1.29, 1.82) is 0 Å². The predicted molar refractivity (Wildman–Crippen MR) is 96.7 cm³/mol. The number of carbonyl (C=O) groups is 1. The Labute approximate surface area is 148 Å². The number of hydrogen-bond acceptors (Lipinski definition) is 6. The molecular formula is C18H28N4O3. The van der Waals surface area contributed by atoms with Crippen molar-refractivity contribution in [2.45, 2.75) is 64.2 Å². The van der Waals surface area contributed by atoms with Gasteiger partial charge in [-0.25, -0.2) is 4.79 Å². The number of nitrogen functional groups attached to an aromatic ring is 1. The number of alkyl carbamates (subject to hydrolysis) is 1. The average molecular weight is 348 g/mol. The number of pyridine rings is 1. The summed E-state index contributed by atoms with van der Waals surface area (Å²) >= 11 is 0. The molecule has 3 rings (SSSR count). The molecule has 0 saturated carbocycles. The van der Waals surface area contributed by atoms with Gasteiger partial charge in [0.2, 0.25) is 0 Å². The molecule has 1 amide bonds. The second-order valence-electron chi connectivity index (χ2n) is 7.90. The highest BCUT2D eigenvalue weighted by Crippen LogP contribution is 2.36. The summed E-state index contributed by atoms with van der Waals surface area (Å²) in [5.74, 6) is 0. The van der Waals surface area contributed by atoms with E-state index in [0.29, 0.717) is 25.2 Å². The monoisotopic (exact) mass is 348 g/mol. The van der Waals surface area contributed by atoms with Crippen molar-refractivity contribution in [3.05, 3.63) is 17.5 Å². The maximum Gasteiger partial charge on any atom is 0.408 e. The fraction of sp³-hybridized carbons (Fsp3) is 0.667. The summed E-state index contributed by atoms with van der Waals surface area (Å²) in [6.45, 7) is 6.65. The predicted octanol–water partition coefficient (Wildman–Crippen LogP) is 1.62. The lowest BCUT2D eigenvalue weighted by Crippen LogP contribution is -2.56. The summed E-state index contributed by atoms with van der Waals surface area (Å²) in [6.07, 6.45) is 4.24. The zero-order valence-electron chi connectivity index (χ0n) is 15.2. The van der Waals surface area contributed by atoms with Crippen molar-refractivity contribution in [3.8, 4) is 0 Å². The number of hydrogen-bond donors (Lipinski definition) is 3. The highest BCUT2D eigenvalue weighted by Gasteiger charge is 2.33. The number of fused-ring (bicyclic) bond motifs is 1. The fourth-order valence-electron chi connectivity index (χ4n) is 3.63. The lowest BCUT2D eigenvalue weighted by Gasteiger charge is -2.39. The average Bonchev–Trinajstić information content (AvgIpc) is 2.96. The second kappa shape index (κ2) is 6.71. The molecule has 2 heterocycles. The maximum atomic E-state index is 12.1. The van der Waals surface area contributed by atoms with Crippen LogP contribution in [0.4, 0.5) is 16.2 Å². The smallest absolute Gasteiger partial charge is 0.408 e. The van der Waals surface area contributed by atoms with Crippen molar-refractivity contribution < 1.29 is 14.6 Å². The van der Waals surface area contributed by atoms with Crippen LogP contribution in [0.2, 0.25) is 0 Å². The second-order valence-corrected chi connectivity index (χ2v) is 7.90. The van der Waals surface area contributed by atoms with Gasteiger partial charge in [-0.3, -0.25) is 4.98 Å². The number of ether oxygens (including phenoxy) is 1. The van der Waals surface area contributed by atoms with Gasteiger partial charge in [-0.15, -0.1) is 0 Å². The number of aliphatic hydroxyl groups excluding tert-OH is 1. The molecule has 1 fully saturated rings. The third kappa shape index (κ3) is 3.98. The summed E-state index contributed by atoms with van der Waals surface area (Å²) in [5, 5.41) is 13.1. The molecule has 1 aliphatic carbocycles.